The molecule has 6 heteroatoms. The summed E-state index contributed by atoms with van der Waals surface area (Å²) in [5, 5.41) is 7.92. The Kier molecular flexibility index (Phi) is 7.28. The van der Waals surface area contributed by atoms with Crippen molar-refractivity contribution in [2.75, 3.05) is 0 Å². The first-order valence-corrected chi connectivity index (χ1v) is 9.47. The van der Waals surface area contributed by atoms with Crippen molar-refractivity contribution in [2.24, 2.45) is 0 Å². The number of benzene rings is 2. The minimum Gasteiger partial charge on any atom is -0.481 e. The van der Waals surface area contributed by atoms with Gasteiger partial charge >= 0.3 is 5.97 Å². The first kappa shape index (κ1) is 19.3. The van der Waals surface area contributed by atoms with Crippen molar-refractivity contribution in [1.82, 2.24) is 0 Å². The molecule has 0 saturated carbocycles. The quantitative estimate of drug-likeness (QED) is 0.684. The van der Waals surface area contributed by atoms with Crippen molar-refractivity contribution < 1.29 is 19.5 Å². The number of Topliss-reactive ketones (excluding diaryl/α,β-unsaturated/α-hetero) is 1. The molecule has 2 rings (SSSR count). The Morgan fingerprint density at radius 1 is 0.960 bits per heavy atom. The number of hydrogen-bond donors (Lipinski definition) is 1. The molecule has 2 aromatic rings. The molecule has 0 bridgehead atoms. The van der Waals surface area contributed by atoms with E-state index in [9.17, 15) is 14.4 Å². The molecule has 1 N–H and O–H groups in total. The topological polar surface area (TPSA) is 71.4 Å². The molecular formula is C19H18O4S2. The Labute approximate surface area is 155 Å². The molecule has 0 fully saturated rings. The minimum atomic E-state index is -1.09. The molecule has 2 aromatic carbocycles. The van der Waals surface area contributed by atoms with Gasteiger partial charge in [-0.2, -0.15) is 0 Å². The van der Waals surface area contributed by atoms with Gasteiger partial charge in [-0.15, -0.1) is 0 Å². The van der Waals surface area contributed by atoms with Crippen LogP contribution in [0.15, 0.2) is 64.4 Å². The van der Waals surface area contributed by atoms with Gasteiger partial charge in [-0.1, -0.05) is 60.8 Å². The Morgan fingerprint density at radius 3 is 2.12 bits per heavy atom. The Bertz CT molecular complexity index is 742. The van der Waals surface area contributed by atoms with Crippen molar-refractivity contribution in [2.45, 2.75) is 34.8 Å². The van der Waals surface area contributed by atoms with E-state index in [1.807, 2.05) is 42.5 Å². The zero-order valence-electron chi connectivity index (χ0n) is 13.7. The number of ketones is 1. The lowest BCUT2D eigenvalue weighted by Gasteiger charge is -2.12. The van der Waals surface area contributed by atoms with Crippen LogP contribution in [0.2, 0.25) is 0 Å². The van der Waals surface area contributed by atoms with Gasteiger partial charge < -0.3 is 5.11 Å². The summed E-state index contributed by atoms with van der Waals surface area (Å²) in [5.41, 5.74) is 0.417. The average molecular weight is 374 g/mol. The largest absolute Gasteiger partial charge is 0.481 e. The zero-order chi connectivity index (χ0) is 18.2. The van der Waals surface area contributed by atoms with Crippen LogP contribution in [-0.2, 0) is 9.59 Å². The van der Waals surface area contributed by atoms with Crippen LogP contribution in [-0.4, -0.2) is 27.2 Å². The molecule has 4 nitrogen and oxygen atoms in total. The third-order valence-electron chi connectivity index (χ3n) is 3.33. The van der Waals surface area contributed by atoms with Crippen molar-refractivity contribution >= 4 is 40.4 Å². The van der Waals surface area contributed by atoms with Gasteiger partial charge in [0, 0.05) is 21.8 Å². The third kappa shape index (κ3) is 6.07. The summed E-state index contributed by atoms with van der Waals surface area (Å²) >= 11 is 2.38. The van der Waals surface area contributed by atoms with E-state index in [-0.39, 0.29) is 23.7 Å². The van der Waals surface area contributed by atoms with Gasteiger partial charge in [-0.3, -0.25) is 14.4 Å². The van der Waals surface area contributed by atoms with E-state index in [1.54, 1.807) is 30.8 Å². The van der Waals surface area contributed by atoms with Gasteiger partial charge in [0.25, 0.3) is 0 Å². The summed E-state index contributed by atoms with van der Waals surface area (Å²) in [6, 6.07) is 16.9. The standard InChI is InChI=1S/C19H18O4S2/c1-2-18(22)25-16(12-17(20)21)19(23)13-8-10-15(11-9-13)24-14-6-4-3-5-7-14/h3-11,16H,2,12H2,1H3,(H,20,21). The van der Waals surface area contributed by atoms with E-state index in [4.69, 9.17) is 5.11 Å². The molecule has 0 spiro atoms. The maximum Gasteiger partial charge on any atom is 0.304 e. The molecule has 0 saturated heterocycles. The lowest BCUT2D eigenvalue weighted by atomic mass is 10.1. The zero-order valence-corrected chi connectivity index (χ0v) is 15.3. The van der Waals surface area contributed by atoms with Crippen LogP contribution in [0.5, 0.6) is 0 Å². The highest BCUT2D eigenvalue weighted by Gasteiger charge is 2.26. The van der Waals surface area contributed by atoms with Gasteiger partial charge in [0.1, 0.15) is 0 Å². The van der Waals surface area contributed by atoms with E-state index in [2.05, 4.69) is 0 Å². The minimum absolute atomic E-state index is 0.184. The number of hydrogen-bond acceptors (Lipinski definition) is 5. The highest BCUT2D eigenvalue weighted by Crippen LogP contribution is 2.28. The predicted octanol–water partition coefficient (Wildman–Crippen LogP) is 4.53. The summed E-state index contributed by atoms with van der Waals surface area (Å²) < 4.78 is 0. The number of carbonyl (C=O) groups excluding carboxylic acids is 2. The van der Waals surface area contributed by atoms with Crippen LogP contribution in [0, 0.1) is 0 Å². The van der Waals surface area contributed by atoms with Gasteiger partial charge in [-0.25, -0.2) is 0 Å². The highest BCUT2D eigenvalue weighted by atomic mass is 32.2. The maximum absolute atomic E-state index is 12.6. The molecule has 0 aliphatic carbocycles. The number of carboxylic acids is 1. The van der Waals surface area contributed by atoms with Crippen LogP contribution in [0.3, 0.4) is 0 Å². The number of thioether (sulfide) groups is 1. The van der Waals surface area contributed by atoms with E-state index in [1.165, 1.54) is 0 Å². The predicted molar refractivity (Wildman–Crippen MR) is 100 cm³/mol. The van der Waals surface area contributed by atoms with E-state index < -0.39 is 11.2 Å². The molecule has 0 amide bonds. The number of carboxylic acid groups (broad SMARTS) is 1. The fraction of sp³-hybridized carbons (Fsp3) is 0.211. The number of carbonyl (C=O) groups is 3. The summed E-state index contributed by atoms with van der Waals surface area (Å²) in [5.74, 6) is -1.42. The van der Waals surface area contributed by atoms with Crippen molar-refractivity contribution in [3.8, 4) is 0 Å². The molecule has 130 valence electrons. The monoisotopic (exact) mass is 374 g/mol. The second-order valence-electron chi connectivity index (χ2n) is 5.23. The Balaban J connectivity index is 2.11. The van der Waals surface area contributed by atoms with E-state index >= 15 is 0 Å². The van der Waals surface area contributed by atoms with Crippen LogP contribution >= 0.6 is 23.5 Å². The lowest BCUT2D eigenvalue weighted by Crippen LogP contribution is -2.22. The summed E-state index contributed by atoms with van der Waals surface area (Å²) in [6.45, 7) is 1.69. The average Bonchev–Trinajstić information content (AvgIpc) is 2.61. The second-order valence-corrected chi connectivity index (χ2v) is 7.64. The van der Waals surface area contributed by atoms with Crippen LogP contribution in [0.1, 0.15) is 30.1 Å². The van der Waals surface area contributed by atoms with E-state index in [0.29, 0.717) is 5.56 Å². The Hall–Kier alpha value is -2.05. The molecule has 25 heavy (non-hydrogen) atoms. The van der Waals surface area contributed by atoms with Gasteiger partial charge in [0.2, 0.25) is 0 Å². The van der Waals surface area contributed by atoms with Crippen LogP contribution < -0.4 is 0 Å². The molecule has 0 radical (unpaired) electrons. The maximum atomic E-state index is 12.6. The Morgan fingerprint density at radius 2 is 1.56 bits per heavy atom. The lowest BCUT2D eigenvalue weighted by molar-refractivity contribution is -0.136. The number of aliphatic carboxylic acids is 1. The normalized spacial score (nSPS) is 11.7. The first-order chi connectivity index (χ1) is 12.0. The molecule has 1 atom stereocenters. The fourth-order valence-corrected chi connectivity index (χ4v) is 3.88. The molecule has 0 aromatic heterocycles. The first-order valence-electron chi connectivity index (χ1n) is 7.78. The van der Waals surface area contributed by atoms with Crippen molar-refractivity contribution in [3.05, 3.63) is 60.2 Å². The molecule has 0 aliphatic rings. The smallest absolute Gasteiger partial charge is 0.304 e. The van der Waals surface area contributed by atoms with Crippen molar-refractivity contribution in [1.29, 1.82) is 0 Å². The van der Waals surface area contributed by atoms with Crippen LogP contribution in [0.4, 0.5) is 0 Å². The number of rotatable bonds is 8. The fourth-order valence-electron chi connectivity index (χ4n) is 2.09. The van der Waals surface area contributed by atoms with Gasteiger partial charge in [0.15, 0.2) is 10.9 Å². The third-order valence-corrected chi connectivity index (χ3v) is 5.57. The van der Waals surface area contributed by atoms with Crippen LogP contribution in [0.25, 0.3) is 0 Å². The summed E-state index contributed by atoms with van der Waals surface area (Å²) in [6.07, 6.45) is -0.101. The molecule has 1 unspecified atom stereocenters. The second kappa shape index (κ2) is 9.44. The van der Waals surface area contributed by atoms with E-state index in [0.717, 1.165) is 21.6 Å². The SMILES string of the molecule is CCC(=O)SC(CC(=O)O)C(=O)c1ccc(Sc2ccccc2)cc1. The molecule has 0 aliphatic heterocycles. The van der Waals surface area contributed by atoms with Crippen molar-refractivity contribution in [3.63, 3.8) is 0 Å². The summed E-state index contributed by atoms with van der Waals surface area (Å²) in [4.78, 5) is 37.2. The van der Waals surface area contributed by atoms with Gasteiger partial charge in [0.05, 0.1) is 11.7 Å². The summed E-state index contributed by atoms with van der Waals surface area (Å²) in [7, 11) is 0. The van der Waals surface area contributed by atoms with Gasteiger partial charge in [-0.05, 0) is 24.3 Å². The highest BCUT2D eigenvalue weighted by molar-refractivity contribution is 8.14. The molecule has 0 heterocycles. The molecular weight excluding hydrogens is 356 g/mol.